The Morgan fingerprint density at radius 3 is 2.22 bits per heavy atom. The molecule has 0 fully saturated rings. The van der Waals surface area contributed by atoms with Gasteiger partial charge >= 0.3 is 0 Å². The van der Waals surface area contributed by atoms with E-state index in [9.17, 15) is 9.59 Å². The summed E-state index contributed by atoms with van der Waals surface area (Å²) in [6, 6.07) is 20.1. The number of benzene rings is 2. The lowest BCUT2D eigenvalue weighted by Crippen LogP contribution is -2.27. The van der Waals surface area contributed by atoms with Crippen LogP contribution in [0.1, 0.15) is 16.1 Å². The van der Waals surface area contributed by atoms with E-state index in [1.54, 1.807) is 30.3 Å². The molecule has 0 saturated carbocycles. The van der Waals surface area contributed by atoms with E-state index in [0.29, 0.717) is 16.3 Å². The monoisotopic (exact) mass is 378 g/mol. The van der Waals surface area contributed by atoms with Crippen molar-refractivity contribution in [1.29, 1.82) is 0 Å². The van der Waals surface area contributed by atoms with E-state index in [2.05, 4.69) is 20.9 Å². The first-order valence-electron chi connectivity index (χ1n) is 8.39. The molecule has 0 atom stereocenters. The number of carbonyl (C=O) groups excluding carboxylic acids is 2. The minimum absolute atomic E-state index is 0.161. The smallest absolute Gasteiger partial charge is 0.261 e. The minimum atomic E-state index is -0.167. The van der Waals surface area contributed by atoms with Crippen molar-refractivity contribution in [1.82, 2.24) is 5.32 Å². The van der Waals surface area contributed by atoms with Gasteiger partial charge < -0.3 is 10.6 Å². The van der Waals surface area contributed by atoms with Crippen molar-refractivity contribution < 1.29 is 9.59 Å². The van der Waals surface area contributed by atoms with E-state index in [0.717, 1.165) is 5.69 Å². The number of azo groups is 1. The molecule has 3 rings (SSSR count). The Hall–Kier alpha value is -3.32. The van der Waals surface area contributed by atoms with Gasteiger partial charge in [-0.25, -0.2) is 0 Å². The zero-order valence-electron chi connectivity index (χ0n) is 14.5. The molecule has 2 aromatic carbocycles. The standard InChI is InChI=1S/C20H18N4O2S/c25-19(12-13-21-20(26)18-7-4-14-27-18)22-15-8-10-17(11-9-15)24-23-16-5-2-1-3-6-16/h1-11,14H,12-13H2,(H,21,26)(H,22,25). The topological polar surface area (TPSA) is 82.9 Å². The average Bonchev–Trinajstić information content (AvgIpc) is 3.23. The van der Waals surface area contributed by atoms with E-state index >= 15 is 0 Å². The highest BCUT2D eigenvalue weighted by atomic mass is 32.1. The Labute approximate surface area is 161 Å². The van der Waals surface area contributed by atoms with Gasteiger partial charge in [-0.1, -0.05) is 24.3 Å². The van der Waals surface area contributed by atoms with Gasteiger partial charge in [-0.15, -0.1) is 11.3 Å². The van der Waals surface area contributed by atoms with Crippen LogP contribution in [0.25, 0.3) is 0 Å². The highest BCUT2D eigenvalue weighted by Crippen LogP contribution is 2.20. The van der Waals surface area contributed by atoms with Crippen LogP contribution in [-0.4, -0.2) is 18.4 Å². The Bertz CT molecular complexity index is 907. The summed E-state index contributed by atoms with van der Waals surface area (Å²) in [7, 11) is 0. The van der Waals surface area contributed by atoms with Crippen molar-refractivity contribution in [3.8, 4) is 0 Å². The number of thiophene rings is 1. The average molecular weight is 378 g/mol. The maximum atomic E-state index is 12.0. The number of nitrogens with zero attached hydrogens (tertiary/aromatic N) is 2. The van der Waals surface area contributed by atoms with Crippen molar-refractivity contribution in [2.45, 2.75) is 6.42 Å². The second kappa shape index (κ2) is 9.40. The fourth-order valence-electron chi connectivity index (χ4n) is 2.23. The molecule has 0 radical (unpaired) electrons. The first kappa shape index (κ1) is 18.5. The molecule has 6 nitrogen and oxygen atoms in total. The molecule has 0 spiro atoms. The van der Waals surface area contributed by atoms with E-state index < -0.39 is 0 Å². The summed E-state index contributed by atoms with van der Waals surface area (Å²) in [6.45, 7) is 0.284. The number of hydrogen-bond donors (Lipinski definition) is 2. The Balaban J connectivity index is 1.44. The minimum Gasteiger partial charge on any atom is -0.351 e. The van der Waals surface area contributed by atoms with E-state index in [1.807, 2.05) is 41.8 Å². The van der Waals surface area contributed by atoms with Gasteiger partial charge in [0.25, 0.3) is 5.91 Å². The third-order valence-corrected chi connectivity index (χ3v) is 4.44. The fraction of sp³-hybridized carbons (Fsp3) is 0.100. The summed E-state index contributed by atoms with van der Waals surface area (Å²) in [4.78, 5) is 24.4. The third-order valence-electron chi connectivity index (χ3n) is 3.57. The van der Waals surface area contributed by atoms with E-state index in [4.69, 9.17) is 0 Å². The first-order valence-corrected chi connectivity index (χ1v) is 9.27. The third kappa shape index (κ3) is 5.86. The van der Waals surface area contributed by atoms with Crippen LogP contribution in [0.15, 0.2) is 82.3 Å². The SMILES string of the molecule is O=C(CCNC(=O)c1cccs1)Nc1ccc(N=Nc2ccccc2)cc1. The van der Waals surface area contributed by atoms with Crippen molar-refractivity contribution >= 4 is 40.2 Å². The molecule has 1 aromatic heterocycles. The molecule has 1 heterocycles. The quantitative estimate of drug-likeness (QED) is 0.572. The molecule has 2 amide bonds. The molecule has 3 aromatic rings. The summed E-state index contributed by atoms with van der Waals surface area (Å²) in [6.07, 6.45) is 0.201. The molecule has 0 saturated heterocycles. The van der Waals surface area contributed by atoms with E-state index in [-0.39, 0.29) is 24.8 Å². The van der Waals surface area contributed by atoms with Crippen LogP contribution in [0.3, 0.4) is 0 Å². The highest BCUT2D eigenvalue weighted by molar-refractivity contribution is 7.12. The van der Waals surface area contributed by atoms with Crippen LogP contribution >= 0.6 is 11.3 Å². The maximum absolute atomic E-state index is 12.0. The lowest BCUT2D eigenvalue weighted by atomic mass is 10.2. The molecule has 0 aliphatic carbocycles. The van der Waals surface area contributed by atoms with Gasteiger partial charge in [0.15, 0.2) is 0 Å². The second-order valence-electron chi connectivity index (χ2n) is 5.61. The van der Waals surface area contributed by atoms with Crippen molar-refractivity contribution in [3.63, 3.8) is 0 Å². The van der Waals surface area contributed by atoms with Crippen LogP contribution in [0.4, 0.5) is 17.1 Å². The largest absolute Gasteiger partial charge is 0.351 e. The molecule has 0 unspecified atom stereocenters. The Kier molecular flexibility index (Phi) is 6.43. The summed E-state index contributed by atoms with van der Waals surface area (Å²) in [5.41, 5.74) is 2.14. The van der Waals surface area contributed by atoms with Crippen LogP contribution in [0.2, 0.25) is 0 Å². The van der Waals surface area contributed by atoms with Crippen molar-refractivity contribution in [2.75, 3.05) is 11.9 Å². The summed E-state index contributed by atoms with van der Waals surface area (Å²) < 4.78 is 0. The van der Waals surface area contributed by atoms with Gasteiger partial charge in [0.2, 0.25) is 5.91 Å². The van der Waals surface area contributed by atoms with Crippen LogP contribution in [0.5, 0.6) is 0 Å². The van der Waals surface area contributed by atoms with Crippen molar-refractivity contribution in [3.05, 3.63) is 77.0 Å². The second-order valence-corrected chi connectivity index (χ2v) is 6.56. The predicted molar refractivity (Wildman–Crippen MR) is 107 cm³/mol. The normalized spacial score (nSPS) is 10.7. The number of rotatable bonds is 7. The molecule has 0 bridgehead atoms. The van der Waals surface area contributed by atoms with E-state index in [1.165, 1.54) is 11.3 Å². The van der Waals surface area contributed by atoms with Gasteiger partial charge in [-0.05, 0) is 47.8 Å². The molecule has 7 heteroatoms. The number of amides is 2. The number of nitrogens with one attached hydrogen (secondary N) is 2. The van der Waals surface area contributed by atoms with Gasteiger partial charge in [0.1, 0.15) is 0 Å². The number of hydrogen-bond acceptors (Lipinski definition) is 5. The lowest BCUT2D eigenvalue weighted by molar-refractivity contribution is -0.116. The summed E-state index contributed by atoms with van der Waals surface area (Å²) >= 11 is 1.37. The first-order chi connectivity index (χ1) is 13.2. The number of anilines is 1. The lowest BCUT2D eigenvalue weighted by Gasteiger charge is -2.06. The Morgan fingerprint density at radius 1 is 0.852 bits per heavy atom. The fourth-order valence-corrected chi connectivity index (χ4v) is 2.87. The summed E-state index contributed by atoms with van der Waals surface area (Å²) in [5, 5.41) is 15.7. The zero-order chi connectivity index (χ0) is 18.9. The van der Waals surface area contributed by atoms with Crippen LogP contribution in [0, 0.1) is 0 Å². The zero-order valence-corrected chi connectivity index (χ0v) is 15.3. The Morgan fingerprint density at radius 2 is 1.56 bits per heavy atom. The van der Waals surface area contributed by atoms with Gasteiger partial charge in [-0.2, -0.15) is 10.2 Å². The summed E-state index contributed by atoms with van der Waals surface area (Å²) in [5.74, 6) is -0.328. The molecular weight excluding hydrogens is 360 g/mol. The van der Waals surface area contributed by atoms with Gasteiger partial charge in [0, 0.05) is 18.7 Å². The molecule has 2 N–H and O–H groups in total. The van der Waals surface area contributed by atoms with Gasteiger partial charge in [-0.3, -0.25) is 9.59 Å². The molecule has 27 heavy (non-hydrogen) atoms. The van der Waals surface area contributed by atoms with Crippen LogP contribution in [-0.2, 0) is 4.79 Å². The molecule has 0 aliphatic heterocycles. The number of carbonyl (C=O) groups is 2. The molecule has 136 valence electrons. The maximum Gasteiger partial charge on any atom is 0.261 e. The van der Waals surface area contributed by atoms with Gasteiger partial charge in [0.05, 0.1) is 16.3 Å². The molecular formula is C20H18N4O2S. The van der Waals surface area contributed by atoms with Crippen molar-refractivity contribution in [2.24, 2.45) is 10.2 Å². The molecule has 0 aliphatic rings. The predicted octanol–water partition coefficient (Wildman–Crippen LogP) is 4.92. The van der Waals surface area contributed by atoms with Crippen LogP contribution < -0.4 is 10.6 Å². The highest BCUT2D eigenvalue weighted by Gasteiger charge is 2.07.